The van der Waals surface area contributed by atoms with Crippen molar-refractivity contribution in [2.75, 3.05) is 6.26 Å². The zero-order chi connectivity index (χ0) is 9.84. The highest BCUT2D eigenvalue weighted by Gasteiger charge is 1.98. The van der Waals surface area contributed by atoms with Gasteiger partial charge in [-0.05, 0) is 6.26 Å². The largest absolute Gasteiger partial charge is 0.378 e. The van der Waals surface area contributed by atoms with Crippen LogP contribution in [0.2, 0.25) is 10.3 Å². The first kappa shape index (κ1) is 10.6. The first-order chi connectivity index (χ1) is 6.11. The Morgan fingerprint density at radius 3 is 2.46 bits per heavy atom. The van der Waals surface area contributed by atoms with Crippen LogP contribution in [0.5, 0.6) is 0 Å². The molecule has 0 aliphatic heterocycles. The van der Waals surface area contributed by atoms with Crippen LogP contribution < -0.4 is 5.73 Å². The minimum atomic E-state index is 0.306. The minimum Gasteiger partial charge on any atom is -0.378 e. The number of pyridine rings is 1. The molecule has 3 nitrogen and oxygen atoms in total. The van der Waals surface area contributed by atoms with E-state index in [1.807, 2.05) is 6.26 Å². The number of amidine groups is 1. The van der Waals surface area contributed by atoms with Crippen LogP contribution in [0.1, 0.15) is 0 Å². The molecular weight excluding hydrogens is 229 g/mol. The van der Waals surface area contributed by atoms with E-state index in [1.165, 1.54) is 11.8 Å². The lowest BCUT2D eigenvalue weighted by Crippen LogP contribution is -2.04. The third-order valence-corrected chi connectivity index (χ3v) is 2.09. The molecule has 6 heteroatoms. The molecule has 0 unspecified atom stereocenters. The summed E-state index contributed by atoms with van der Waals surface area (Å²) < 4.78 is 0. The van der Waals surface area contributed by atoms with Crippen molar-refractivity contribution >= 4 is 45.8 Å². The number of nitrogens with zero attached hydrogens (tertiary/aromatic N) is 2. The van der Waals surface area contributed by atoms with E-state index in [0.29, 0.717) is 21.2 Å². The number of hydrogen-bond donors (Lipinski definition) is 1. The highest BCUT2D eigenvalue weighted by Crippen LogP contribution is 2.21. The molecular formula is C7H7Cl2N3S. The van der Waals surface area contributed by atoms with Gasteiger partial charge in [-0.2, -0.15) is 0 Å². The second-order valence-corrected chi connectivity index (χ2v) is 3.73. The van der Waals surface area contributed by atoms with Gasteiger partial charge >= 0.3 is 0 Å². The average molecular weight is 236 g/mol. The lowest BCUT2D eigenvalue weighted by atomic mass is 10.4. The Labute approximate surface area is 90.3 Å². The fraction of sp³-hybridized carbons (Fsp3) is 0.143. The first-order valence-electron chi connectivity index (χ1n) is 3.33. The summed E-state index contributed by atoms with van der Waals surface area (Å²) in [4.78, 5) is 7.83. The second kappa shape index (κ2) is 4.69. The molecule has 0 saturated carbocycles. The Morgan fingerprint density at radius 1 is 1.46 bits per heavy atom. The van der Waals surface area contributed by atoms with E-state index >= 15 is 0 Å². The molecule has 0 bridgehead atoms. The predicted octanol–water partition coefficient (Wildman–Crippen LogP) is 2.70. The third kappa shape index (κ3) is 3.42. The maximum Gasteiger partial charge on any atom is 0.158 e. The molecule has 2 N–H and O–H groups in total. The number of aliphatic imine (C=N–C) groups is 1. The summed E-state index contributed by atoms with van der Waals surface area (Å²) in [6.45, 7) is 0. The summed E-state index contributed by atoms with van der Waals surface area (Å²) in [5, 5.41) is 1.07. The van der Waals surface area contributed by atoms with Crippen molar-refractivity contribution < 1.29 is 0 Å². The molecule has 0 radical (unpaired) electrons. The van der Waals surface area contributed by atoms with Crippen molar-refractivity contribution in [3.63, 3.8) is 0 Å². The molecule has 70 valence electrons. The molecule has 1 rings (SSSR count). The normalized spacial score (nSPS) is 11.8. The molecule has 0 saturated heterocycles. The summed E-state index contributed by atoms with van der Waals surface area (Å²) in [6, 6.07) is 3.19. The molecule has 13 heavy (non-hydrogen) atoms. The lowest BCUT2D eigenvalue weighted by molar-refractivity contribution is 1.31. The SMILES string of the molecule is CSC(N)=Nc1cc(Cl)nc(Cl)c1. The molecule has 0 aliphatic rings. The number of rotatable bonds is 1. The third-order valence-electron chi connectivity index (χ3n) is 1.20. The van der Waals surface area contributed by atoms with Crippen molar-refractivity contribution in [2.45, 2.75) is 0 Å². The zero-order valence-electron chi connectivity index (χ0n) is 6.79. The van der Waals surface area contributed by atoms with Gasteiger partial charge in [-0.3, -0.25) is 0 Å². The van der Waals surface area contributed by atoms with E-state index in [0.717, 1.165) is 0 Å². The fourth-order valence-electron chi connectivity index (χ4n) is 0.690. The van der Waals surface area contributed by atoms with Crippen molar-refractivity contribution in [2.24, 2.45) is 10.7 Å². The summed E-state index contributed by atoms with van der Waals surface area (Å²) in [5.74, 6) is 0. The quantitative estimate of drug-likeness (QED) is 0.463. The van der Waals surface area contributed by atoms with Crippen LogP contribution in [0.4, 0.5) is 5.69 Å². The van der Waals surface area contributed by atoms with E-state index < -0.39 is 0 Å². The van der Waals surface area contributed by atoms with Gasteiger partial charge in [0.2, 0.25) is 0 Å². The van der Waals surface area contributed by atoms with Gasteiger partial charge in [0.25, 0.3) is 0 Å². The number of nitrogens with two attached hydrogens (primary N) is 1. The van der Waals surface area contributed by atoms with Gasteiger partial charge in [-0.1, -0.05) is 35.0 Å². The van der Waals surface area contributed by atoms with E-state index in [9.17, 15) is 0 Å². The Balaban J connectivity index is 3.02. The van der Waals surface area contributed by atoms with E-state index in [2.05, 4.69) is 9.98 Å². The van der Waals surface area contributed by atoms with Crippen molar-refractivity contribution in [1.82, 2.24) is 4.98 Å². The van der Waals surface area contributed by atoms with Gasteiger partial charge in [0, 0.05) is 12.1 Å². The summed E-state index contributed by atoms with van der Waals surface area (Å²) >= 11 is 12.7. The van der Waals surface area contributed by atoms with Crippen LogP contribution in [0.3, 0.4) is 0 Å². The van der Waals surface area contributed by atoms with Crippen molar-refractivity contribution in [1.29, 1.82) is 0 Å². The van der Waals surface area contributed by atoms with Gasteiger partial charge in [0.15, 0.2) is 5.17 Å². The van der Waals surface area contributed by atoms with Crippen LogP contribution in [0.25, 0.3) is 0 Å². The number of aromatic nitrogens is 1. The summed E-state index contributed by atoms with van der Waals surface area (Å²) in [5.41, 5.74) is 6.12. The van der Waals surface area contributed by atoms with E-state index in [4.69, 9.17) is 28.9 Å². The second-order valence-electron chi connectivity index (χ2n) is 2.12. The first-order valence-corrected chi connectivity index (χ1v) is 5.31. The molecule has 0 fully saturated rings. The van der Waals surface area contributed by atoms with Gasteiger partial charge in [-0.25, -0.2) is 9.98 Å². The predicted molar refractivity (Wildman–Crippen MR) is 59.1 cm³/mol. The molecule has 0 spiro atoms. The topological polar surface area (TPSA) is 51.3 Å². The van der Waals surface area contributed by atoms with Crippen molar-refractivity contribution in [3.05, 3.63) is 22.4 Å². The zero-order valence-corrected chi connectivity index (χ0v) is 9.12. The summed E-state index contributed by atoms with van der Waals surface area (Å²) in [7, 11) is 0. The Hall–Kier alpha value is -0.450. The lowest BCUT2D eigenvalue weighted by Gasteiger charge is -1.97. The van der Waals surface area contributed by atoms with Gasteiger partial charge in [0.05, 0.1) is 5.69 Å². The maximum atomic E-state index is 5.66. The van der Waals surface area contributed by atoms with E-state index in [-0.39, 0.29) is 0 Å². The molecule has 1 aromatic heterocycles. The van der Waals surface area contributed by atoms with Crippen LogP contribution in [0.15, 0.2) is 17.1 Å². The summed E-state index contributed by atoms with van der Waals surface area (Å²) in [6.07, 6.45) is 1.84. The smallest absolute Gasteiger partial charge is 0.158 e. The number of hydrogen-bond acceptors (Lipinski definition) is 3. The molecule has 0 amide bonds. The average Bonchev–Trinajstić information content (AvgIpc) is 2.02. The van der Waals surface area contributed by atoms with Gasteiger partial charge < -0.3 is 5.73 Å². The van der Waals surface area contributed by atoms with Crippen molar-refractivity contribution in [3.8, 4) is 0 Å². The number of thioether (sulfide) groups is 1. The Kier molecular flexibility index (Phi) is 3.84. The Bertz CT molecular complexity index is 320. The van der Waals surface area contributed by atoms with Crippen LogP contribution in [0, 0.1) is 0 Å². The van der Waals surface area contributed by atoms with Crippen LogP contribution in [-0.2, 0) is 0 Å². The van der Waals surface area contributed by atoms with Crippen LogP contribution >= 0.6 is 35.0 Å². The number of halogens is 2. The van der Waals surface area contributed by atoms with Crippen LogP contribution in [-0.4, -0.2) is 16.4 Å². The molecule has 1 heterocycles. The van der Waals surface area contributed by atoms with Gasteiger partial charge in [0.1, 0.15) is 10.3 Å². The van der Waals surface area contributed by atoms with Gasteiger partial charge in [-0.15, -0.1) is 0 Å². The fourth-order valence-corrected chi connectivity index (χ4v) is 1.34. The highest BCUT2D eigenvalue weighted by atomic mass is 35.5. The molecule has 0 aliphatic carbocycles. The monoisotopic (exact) mass is 235 g/mol. The van der Waals surface area contributed by atoms with E-state index in [1.54, 1.807) is 12.1 Å². The highest BCUT2D eigenvalue weighted by molar-refractivity contribution is 8.13. The maximum absolute atomic E-state index is 5.66. The Morgan fingerprint density at radius 2 is 2.00 bits per heavy atom. The minimum absolute atomic E-state index is 0.306. The molecule has 0 atom stereocenters. The molecule has 0 aromatic carbocycles. The standard InChI is InChI=1S/C7H7Cl2N3S/c1-13-7(10)11-4-2-5(8)12-6(9)3-4/h2-3H,1H3,(H2,10,11,12). The molecule has 1 aromatic rings.